The third kappa shape index (κ3) is 9.09. The standard InChI is InChI=1S/C25H28N2O9/c1-25(2,3)35-24(32)26-19(23(31)33-4)14-15-34-18-12-10-16(11-13-18)20(21(28)29)27-36-22(30)17-8-6-5-7-9-17/h5-13,19H,14-15H2,1-4H3,(H,26,32)(H,28,29)/b27-20+. The zero-order valence-electron chi connectivity index (χ0n) is 20.3. The van der Waals surface area contributed by atoms with E-state index in [1.54, 1.807) is 39.0 Å². The minimum atomic E-state index is -1.39. The fourth-order valence-electron chi connectivity index (χ4n) is 2.77. The highest BCUT2D eigenvalue weighted by atomic mass is 16.7. The van der Waals surface area contributed by atoms with Gasteiger partial charge in [-0.1, -0.05) is 23.4 Å². The Balaban J connectivity index is 1.98. The third-order valence-electron chi connectivity index (χ3n) is 4.41. The van der Waals surface area contributed by atoms with Crippen LogP contribution in [0.25, 0.3) is 0 Å². The number of nitrogens with zero attached hydrogens (tertiary/aromatic N) is 1. The molecule has 0 heterocycles. The summed E-state index contributed by atoms with van der Waals surface area (Å²) in [5.74, 6) is -2.48. The Labute approximate surface area is 208 Å². The monoisotopic (exact) mass is 500 g/mol. The Hall–Kier alpha value is -4.41. The van der Waals surface area contributed by atoms with Crippen molar-refractivity contribution in [2.24, 2.45) is 5.16 Å². The fourth-order valence-corrected chi connectivity index (χ4v) is 2.77. The maximum Gasteiger partial charge on any atom is 0.408 e. The van der Waals surface area contributed by atoms with Crippen LogP contribution in [-0.4, -0.2) is 60.2 Å². The first-order chi connectivity index (χ1) is 17.0. The smallest absolute Gasteiger partial charge is 0.408 e. The summed E-state index contributed by atoms with van der Waals surface area (Å²) >= 11 is 0. The fraction of sp³-hybridized carbons (Fsp3) is 0.320. The van der Waals surface area contributed by atoms with Crippen molar-refractivity contribution in [3.05, 3.63) is 65.7 Å². The number of carboxylic acids is 1. The zero-order valence-corrected chi connectivity index (χ0v) is 20.3. The number of carbonyl (C=O) groups excluding carboxylic acids is 3. The third-order valence-corrected chi connectivity index (χ3v) is 4.41. The molecule has 0 bridgehead atoms. The van der Waals surface area contributed by atoms with Gasteiger partial charge in [0.25, 0.3) is 0 Å². The summed E-state index contributed by atoms with van der Waals surface area (Å²) in [7, 11) is 1.20. The lowest BCUT2D eigenvalue weighted by molar-refractivity contribution is -0.143. The van der Waals surface area contributed by atoms with Crippen molar-refractivity contribution < 1.29 is 43.3 Å². The average molecular weight is 501 g/mol. The van der Waals surface area contributed by atoms with Gasteiger partial charge in [-0.3, -0.25) is 0 Å². The van der Waals surface area contributed by atoms with E-state index in [-0.39, 0.29) is 24.2 Å². The maximum atomic E-state index is 12.0. The van der Waals surface area contributed by atoms with E-state index in [2.05, 4.69) is 10.5 Å². The molecule has 0 aromatic heterocycles. The highest BCUT2D eigenvalue weighted by molar-refractivity contribution is 6.42. The van der Waals surface area contributed by atoms with Gasteiger partial charge in [0.15, 0.2) is 5.71 Å². The number of aliphatic carboxylic acids is 1. The van der Waals surface area contributed by atoms with Crippen LogP contribution in [-0.2, 0) is 23.9 Å². The molecule has 0 aliphatic rings. The molecular formula is C25H28N2O9. The highest BCUT2D eigenvalue weighted by Gasteiger charge is 2.25. The summed E-state index contributed by atoms with van der Waals surface area (Å²) in [6.07, 6.45) is -0.680. The number of benzene rings is 2. The molecule has 1 unspecified atom stereocenters. The second-order valence-corrected chi connectivity index (χ2v) is 8.37. The van der Waals surface area contributed by atoms with Crippen molar-refractivity contribution in [3.63, 3.8) is 0 Å². The number of oxime groups is 1. The SMILES string of the molecule is COC(=O)C(CCOc1ccc(/C(=N\OC(=O)c2ccccc2)C(=O)O)cc1)NC(=O)OC(C)(C)C. The van der Waals surface area contributed by atoms with Crippen LogP contribution in [0.1, 0.15) is 43.1 Å². The Kier molecular flexibility index (Phi) is 9.96. The van der Waals surface area contributed by atoms with Crippen LogP contribution in [0.3, 0.4) is 0 Å². The summed E-state index contributed by atoms with van der Waals surface area (Å²) in [5.41, 5.74) is -0.810. The van der Waals surface area contributed by atoms with Gasteiger partial charge >= 0.3 is 24.0 Å². The molecule has 1 amide bonds. The molecule has 0 aliphatic carbocycles. The summed E-state index contributed by atoms with van der Waals surface area (Å²) in [6.45, 7) is 5.12. The average Bonchev–Trinajstić information content (AvgIpc) is 2.83. The van der Waals surface area contributed by atoms with Crippen molar-refractivity contribution >= 4 is 29.7 Å². The number of nitrogens with one attached hydrogen (secondary N) is 1. The van der Waals surface area contributed by atoms with Gasteiger partial charge in [0.2, 0.25) is 0 Å². The minimum Gasteiger partial charge on any atom is -0.494 e. The molecule has 1 atom stereocenters. The number of hydrogen-bond donors (Lipinski definition) is 2. The highest BCUT2D eigenvalue weighted by Crippen LogP contribution is 2.15. The Morgan fingerprint density at radius 3 is 2.17 bits per heavy atom. The van der Waals surface area contributed by atoms with Gasteiger partial charge in [-0.2, -0.15) is 0 Å². The Morgan fingerprint density at radius 2 is 1.61 bits per heavy atom. The number of methoxy groups -OCH3 is 1. The largest absolute Gasteiger partial charge is 0.494 e. The van der Waals surface area contributed by atoms with E-state index >= 15 is 0 Å². The summed E-state index contributed by atoms with van der Waals surface area (Å²) < 4.78 is 15.5. The molecule has 0 spiro atoms. The first kappa shape index (κ1) is 27.8. The molecule has 11 nitrogen and oxygen atoms in total. The molecule has 192 valence electrons. The van der Waals surface area contributed by atoms with Crippen LogP contribution in [0, 0.1) is 0 Å². The molecule has 11 heteroatoms. The normalized spacial score (nSPS) is 12.2. The van der Waals surface area contributed by atoms with Crippen molar-refractivity contribution in [1.29, 1.82) is 0 Å². The van der Waals surface area contributed by atoms with Crippen molar-refractivity contribution in [2.75, 3.05) is 13.7 Å². The number of amides is 1. The number of carboxylic acid groups (broad SMARTS) is 1. The van der Waals surface area contributed by atoms with Gasteiger partial charge in [0, 0.05) is 12.0 Å². The molecule has 36 heavy (non-hydrogen) atoms. The summed E-state index contributed by atoms with van der Waals surface area (Å²) in [5, 5.41) is 15.4. The first-order valence-corrected chi connectivity index (χ1v) is 10.9. The topological polar surface area (TPSA) is 150 Å². The van der Waals surface area contributed by atoms with Crippen LogP contribution in [0.15, 0.2) is 59.8 Å². The second-order valence-electron chi connectivity index (χ2n) is 8.37. The Morgan fingerprint density at radius 1 is 0.972 bits per heavy atom. The van der Waals surface area contributed by atoms with E-state index < -0.39 is 41.4 Å². The second kappa shape index (κ2) is 12.9. The van der Waals surface area contributed by atoms with Gasteiger partial charge in [0.05, 0.1) is 19.3 Å². The van der Waals surface area contributed by atoms with E-state index in [0.29, 0.717) is 5.75 Å². The van der Waals surface area contributed by atoms with E-state index in [1.807, 2.05) is 0 Å². The zero-order chi connectivity index (χ0) is 26.7. The summed E-state index contributed by atoms with van der Waals surface area (Å²) in [6, 6.07) is 12.9. The van der Waals surface area contributed by atoms with Gasteiger partial charge in [0.1, 0.15) is 17.4 Å². The predicted octanol–water partition coefficient (Wildman–Crippen LogP) is 3.17. The van der Waals surface area contributed by atoms with Crippen LogP contribution < -0.4 is 10.1 Å². The van der Waals surface area contributed by atoms with E-state index in [1.165, 1.54) is 43.5 Å². The molecule has 0 fully saturated rings. The first-order valence-electron chi connectivity index (χ1n) is 10.9. The van der Waals surface area contributed by atoms with Crippen molar-refractivity contribution in [1.82, 2.24) is 5.32 Å². The van der Waals surface area contributed by atoms with Gasteiger partial charge in [-0.05, 0) is 57.2 Å². The lowest BCUT2D eigenvalue weighted by Gasteiger charge is -2.22. The molecule has 2 N–H and O–H groups in total. The van der Waals surface area contributed by atoms with Crippen LogP contribution >= 0.6 is 0 Å². The molecule has 0 radical (unpaired) electrons. The van der Waals surface area contributed by atoms with E-state index in [4.69, 9.17) is 19.0 Å². The number of esters is 1. The van der Waals surface area contributed by atoms with E-state index in [9.17, 15) is 24.3 Å². The van der Waals surface area contributed by atoms with Gasteiger partial charge < -0.3 is 29.5 Å². The number of ether oxygens (including phenoxy) is 3. The molecule has 0 saturated heterocycles. The molecule has 2 aromatic rings. The number of rotatable bonds is 10. The van der Waals surface area contributed by atoms with E-state index in [0.717, 1.165) is 0 Å². The quantitative estimate of drug-likeness (QED) is 0.217. The molecule has 0 saturated carbocycles. The maximum absolute atomic E-state index is 12.0. The number of carbonyl (C=O) groups is 4. The number of alkyl carbamates (subject to hydrolysis) is 1. The molecule has 2 aromatic carbocycles. The molecule has 0 aliphatic heterocycles. The number of hydrogen-bond acceptors (Lipinski definition) is 9. The lowest BCUT2D eigenvalue weighted by Crippen LogP contribution is -2.44. The minimum absolute atomic E-state index is 0.0312. The van der Waals surface area contributed by atoms with Crippen molar-refractivity contribution in [3.8, 4) is 5.75 Å². The van der Waals surface area contributed by atoms with Gasteiger partial charge in [-0.25, -0.2) is 19.2 Å². The Bertz CT molecular complexity index is 1090. The summed E-state index contributed by atoms with van der Waals surface area (Å²) in [4.78, 5) is 52.4. The van der Waals surface area contributed by atoms with Crippen molar-refractivity contribution in [2.45, 2.75) is 38.8 Å². The van der Waals surface area contributed by atoms with Crippen LogP contribution in [0.5, 0.6) is 5.75 Å². The van der Waals surface area contributed by atoms with Gasteiger partial charge in [-0.15, -0.1) is 0 Å². The molecule has 2 rings (SSSR count). The molecular weight excluding hydrogens is 472 g/mol. The lowest BCUT2D eigenvalue weighted by atomic mass is 10.1. The van der Waals surface area contributed by atoms with Crippen LogP contribution in [0.4, 0.5) is 4.79 Å². The predicted molar refractivity (Wildman–Crippen MR) is 128 cm³/mol. The van der Waals surface area contributed by atoms with Crippen LogP contribution in [0.2, 0.25) is 0 Å².